The molecule has 0 radical (unpaired) electrons. The first-order chi connectivity index (χ1) is 10.1. The molecular weight excluding hydrogens is 334 g/mol. The normalized spacial score (nSPS) is 13.8. The molecule has 1 saturated carbocycles. The van der Waals surface area contributed by atoms with Crippen molar-refractivity contribution in [3.8, 4) is 0 Å². The Labute approximate surface area is 133 Å². The molecule has 2 rings (SSSR count). The SMILES string of the molecule is O=C(CNCCCC(=O)NC1CC1)Nc1ccc(Br)cc1. The summed E-state index contributed by atoms with van der Waals surface area (Å²) in [6.07, 6.45) is 3.47. The number of nitrogens with one attached hydrogen (secondary N) is 3. The number of hydrogen-bond donors (Lipinski definition) is 3. The molecule has 0 heterocycles. The third kappa shape index (κ3) is 6.73. The lowest BCUT2D eigenvalue weighted by Crippen LogP contribution is -2.30. The maximum Gasteiger partial charge on any atom is 0.238 e. The standard InChI is InChI=1S/C15H20BrN3O2/c16-11-3-5-12(6-4-11)19-15(21)10-17-9-1-2-14(20)18-13-7-8-13/h3-6,13,17H,1-2,7-10H2,(H,18,20)(H,19,21). The van der Waals surface area contributed by atoms with Crippen molar-refractivity contribution in [2.24, 2.45) is 0 Å². The van der Waals surface area contributed by atoms with Gasteiger partial charge in [-0.1, -0.05) is 15.9 Å². The van der Waals surface area contributed by atoms with Gasteiger partial charge in [0.05, 0.1) is 6.54 Å². The molecule has 0 saturated heterocycles. The van der Waals surface area contributed by atoms with E-state index in [0.29, 0.717) is 19.0 Å². The molecule has 0 atom stereocenters. The van der Waals surface area contributed by atoms with E-state index in [4.69, 9.17) is 0 Å². The average molecular weight is 354 g/mol. The number of anilines is 1. The maximum absolute atomic E-state index is 11.7. The van der Waals surface area contributed by atoms with Gasteiger partial charge in [-0.2, -0.15) is 0 Å². The van der Waals surface area contributed by atoms with Gasteiger partial charge in [0.25, 0.3) is 0 Å². The summed E-state index contributed by atoms with van der Waals surface area (Å²) in [7, 11) is 0. The molecule has 6 heteroatoms. The maximum atomic E-state index is 11.7. The fourth-order valence-corrected chi connectivity index (χ4v) is 2.11. The van der Waals surface area contributed by atoms with Crippen molar-refractivity contribution < 1.29 is 9.59 Å². The van der Waals surface area contributed by atoms with Crippen LogP contribution in [-0.4, -0.2) is 30.9 Å². The van der Waals surface area contributed by atoms with Crippen LogP contribution in [0.4, 0.5) is 5.69 Å². The Balaban J connectivity index is 1.52. The Bertz CT molecular complexity index is 486. The first-order valence-electron chi connectivity index (χ1n) is 7.19. The van der Waals surface area contributed by atoms with Crippen LogP contribution < -0.4 is 16.0 Å². The van der Waals surface area contributed by atoms with Crippen LogP contribution in [0.5, 0.6) is 0 Å². The number of halogens is 1. The second kappa shape index (κ2) is 8.14. The summed E-state index contributed by atoms with van der Waals surface area (Å²) in [5.41, 5.74) is 0.772. The molecule has 0 spiro atoms. The fraction of sp³-hybridized carbons (Fsp3) is 0.467. The lowest BCUT2D eigenvalue weighted by atomic mass is 10.3. The summed E-state index contributed by atoms with van der Waals surface area (Å²) in [5.74, 6) is 0.0263. The van der Waals surface area contributed by atoms with E-state index in [0.717, 1.165) is 29.4 Å². The third-order valence-corrected chi connectivity index (χ3v) is 3.64. The highest BCUT2D eigenvalue weighted by Crippen LogP contribution is 2.18. The summed E-state index contributed by atoms with van der Waals surface area (Å²) < 4.78 is 0.975. The monoisotopic (exact) mass is 353 g/mol. The molecule has 1 fully saturated rings. The van der Waals surface area contributed by atoms with E-state index in [-0.39, 0.29) is 18.4 Å². The van der Waals surface area contributed by atoms with Crippen LogP contribution in [0.1, 0.15) is 25.7 Å². The van der Waals surface area contributed by atoms with Gasteiger partial charge >= 0.3 is 0 Å². The van der Waals surface area contributed by atoms with Crippen LogP contribution in [0, 0.1) is 0 Å². The van der Waals surface area contributed by atoms with E-state index in [2.05, 4.69) is 31.9 Å². The Morgan fingerprint density at radius 3 is 2.52 bits per heavy atom. The summed E-state index contributed by atoms with van der Waals surface area (Å²) >= 11 is 3.34. The van der Waals surface area contributed by atoms with Gasteiger partial charge in [0, 0.05) is 22.6 Å². The number of carbonyl (C=O) groups excluding carboxylic acids is 2. The number of carbonyl (C=O) groups is 2. The summed E-state index contributed by atoms with van der Waals surface area (Å²) in [6, 6.07) is 7.85. The smallest absolute Gasteiger partial charge is 0.238 e. The second-order valence-corrected chi connectivity index (χ2v) is 6.09. The predicted octanol–water partition coefficient (Wildman–Crippen LogP) is 2.04. The molecule has 0 unspecified atom stereocenters. The van der Waals surface area contributed by atoms with Crippen molar-refractivity contribution in [2.45, 2.75) is 31.7 Å². The number of rotatable bonds is 8. The highest BCUT2D eigenvalue weighted by molar-refractivity contribution is 9.10. The molecule has 0 aliphatic heterocycles. The van der Waals surface area contributed by atoms with Crippen LogP contribution in [0.25, 0.3) is 0 Å². The lowest BCUT2D eigenvalue weighted by Gasteiger charge is -2.07. The van der Waals surface area contributed by atoms with E-state index in [9.17, 15) is 9.59 Å². The second-order valence-electron chi connectivity index (χ2n) is 5.18. The minimum atomic E-state index is -0.0836. The molecular formula is C15H20BrN3O2. The quantitative estimate of drug-likeness (QED) is 0.626. The van der Waals surface area contributed by atoms with E-state index < -0.39 is 0 Å². The molecule has 1 aromatic carbocycles. The molecule has 1 aliphatic rings. The highest BCUT2D eigenvalue weighted by atomic mass is 79.9. The zero-order valence-electron chi connectivity index (χ0n) is 11.8. The zero-order valence-corrected chi connectivity index (χ0v) is 13.4. The predicted molar refractivity (Wildman–Crippen MR) is 86.0 cm³/mol. The van der Waals surface area contributed by atoms with Crippen LogP contribution in [-0.2, 0) is 9.59 Å². The summed E-state index contributed by atoms with van der Waals surface area (Å²) in [4.78, 5) is 23.1. The van der Waals surface area contributed by atoms with Gasteiger partial charge in [-0.15, -0.1) is 0 Å². The minimum absolute atomic E-state index is 0.0836. The van der Waals surface area contributed by atoms with E-state index >= 15 is 0 Å². The Hall–Kier alpha value is -1.40. The zero-order chi connectivity index (χ0) is 15.1. The number of amides is 2. The summed E-state index contributed by atoms with van der Waals surface area (Å²) in [6.45, 7) is 0.909. The van der Waals surface area contributed by atoms with Crippen LogP contribution in [0.3, 0.4) is 0 Å². The van der Waals surface area contributed by atoms with Crippen molar-refractivity contribution in [1.29, 1.82) is 0 Å². The molecule has 0 bridgehead atoms. The Kier molecular flexibility index (Phi) is 6.20. The molecule has 21 heavy (non-hydrogen) atoms. The first kappa shape index (κ1) is 16.0. The van der Waals surface area contributed by atoms with Crippen LogP contribution in [0.15, 0.2) is 28.7 Å². The van der Waals surface area contributed by atoms with E-state index in [1.54, 1.807) is 0 Å². The Morgan fingerprint density at radius 1 is 1.14 bits per heavy atom. The fourth-order valence-electron chi connectivity index (χ4n) is 1.84. The topological polar surface area (TPSA) is 70.2 Å². The highest BCUT2D eigenvalue weighted by Gasteiger charge is 2.22. The van der Waals surface area contributed by atoms with Gasteiger partial charge in [-0.25, -0.2) is 0 Å². The lowest BCUT2D eigenvalue weighted by molar-refractivity contribution is -0.121. The molecule has 1 aliphatic carbocycles. The van der Waals surface area contributed by atoms with Crippen molar-refractivity contribution >= 4 is 33.4 Å². The molecule has 0 aromatic heterocycles. The Morgan fingerprint density at radius 2 is 1.86 bits per heavy atom. The number of hydrogen-bond acceptors (Lipinski definition) is 3. The minimum Gasteiger partial charge on any atom is -0.353 e. The van der Waals surface area contributed by atoms with Crippen LogP contribution >= 0.6 is 15.9 Å². The van der Waals surface area contributed by atoms with Crippen molar-refractivity contribution in [3.63, 3.8) is 0 Å². The van der Waals surface area contributed by atoms with Crippen molar-refractivity contribution in [2.75, 3.05) is 18.4 Å². The van der Waals surface area contributed by atoms with Gasteiger partial charge in [0.15, 0.2) is 0 Å². The van der Waals surface area contributed by atoms with E-state index in [1.807, 2.05) is 24.3 Å². The van der Waals surface area contributed by atoms with Crippen molar-refractivity contribution in [3.05, 3.63) is 28.7 Å². The first-order valence-corrected chi connectivity index (χ1v) is 7.98. The molecule has 2 amide bonds. The van der Waals surface area contributed by atoms with Gasteiger partial charge in [-0.05, 0) is 50.1 Å². The largest absolute Gasteiger partial charge is 0.353 e. The van der Waals surface area contributed by atoms with Crippen molar-refractivity contribution in [1.82, 2.24) is 10.6 Å². The molecule has 114 valence electrons. The summed E-state index contributed by atoms with van der Waals surface area (Å²) in [5, 5.41) is 8.78. The van der Waals surface area contributed by atoms with Gasteiger partial charge in [0.2, 0.25) is 11.8 Å². The molecule has 1 aromatic rings. The van der Waals surface area contributed by atoms with E-state index in [1.165, 1.54) is 0 Å². The third-order valence-electron chi connectivity index (χ3n) is 3.11. The molecule has 3 N–H and O–H groups in total. The van der Waals surface area contributed by atoms with Gasteiger partial charge in [-0.3, -0.25) is 9.59 Å². The van der Waals surface area contributed by atoms with Gasteiger partial charge < -0.3 is 16.0 Å². The number of benzene rings is 1. The average Bonchev–Trinajstić information content (AvgIpc) is 3.25. The molecule has 5 nitrogen and oxygen atoms in total. The van der Waals surface area contributed by atoms with Gasteiger partial charge in [0.1, 0.15) is 0 Å². The van der Waals surface area contributed by atoms with Crippen LogP contribution in [0.2, 0.25) is 0 Å².